The molecule has 0 fully saturated rings. The lowest BCUT2D eigenvalue weighted by Crippen LogP contribution is -2.45. The van der Waals surface area contributed by atoms with Crippen LogP contribution in [0.15, 0.2) is 54.6 Å². The Bertz CT molecular complexity index is 688. The Labute approximate surface area is 139 Å². The molecular formula is C18H18FNO4. The number of methoxy groups -OCH3 is 1. The van der Waals surface area contributed by atoms with Gasteiger partial charge in [0.15, 0.2) is 6.10 Å². The molecule has 24 heavy (non-hydrogen) atoms. The van der Waals surface area contributed by atoms with Gasteiger partial charge in [0.2, 0.25) is 0 Å². The highest BCUT2D eigenvalue weighted by atomic mass is 19.1. The zero-order valence-corrected chi connectivity index (χ0v) is 13.1. The average Bonchev–Trinajstić information content (AvgIpc) is 2.62. The average molecular weight is 331 g/mol. The molecule has 5 nitrogen and oxygen atoms in total. The van der Waals surface area contributed by atoms with Crippen LogP contribution in [-0.2, 0) is 20.7 Å². The summed E-state index contributed by atoms with van der Waals surface area (Å²) in [7, 11) is 1.21. The molecule has 2 rings (SSSR count). The SMILES string of the molecule is COC(=O)[C@H](Cc1ccc(F)cc1)NC(=O)[C@@H](O)c1ccccc1. The highest BCUT2D eigenvalue weighted by Crippen LogP contribution is 2.13. The number of amides is 1. The Morgan fingerprint density at radius 1 is 1.12 bits per heavy atom. The van der Waals surface area contributed by atoms with Crippen molar-refractivity contribution in [3.63, 3.8) is 0 Å². The summed E-state index contributed by atoms with van der Waals surface area (Å²) in [6.45, 7) is 0. The third kappa shape index (κ3) is 4.63. The smallest absolute Gasteiger partial charge is 0.328 e. The summed E-state index contributed by atoms with van der Waals surface area (Å²) in [5.74, 6) is -1.75. The van der Waals surface area contributed by atoms with E-state index in [4.69, 9.17) is 0 Å². The zero-order valence-electron chi connectivity index (χ0n) is 13.1. The summed E-state index contributed by atoms with van der Waals surface area (Å²) in [5.41, 5.74) is 1.07. The van der Waals surface area contributed by atoms with E-state index in [2.05, 4.69) is 10.1 Å². The molecule has 0 aliphatic carbocycles. The lowest BCUT2D eigenvalue weighted by Gasteiger charge is -2.19. The normalized spacial score (nSPS) is 13.0. The van der Waals surface area contributed by atoms with Gasteiger partial charge in [-0.25, -0.2) is 9.18 Å². The second-order valence-corrected chi connectivity index (χ2v) is 5.23. The minimum Gasteiger partial charge on any atom is -0.467 e. The maximum atomic E-state index is 13.0. The number of benzene rings is 2. The number of hydrogen-bond donors (Lipinski definition) is 2. The first kappa shape index (κ1) is 17.6. The fraction of sp³-hybridized carbons (Fsp3) is 0.222. The maximum absolute atomic E-state index is 13.0. The molecule has 0 aromatic heterocycles. The Balaban J connectivity index is 2.09. The number of aliphatic hydroxyl groups excluding tert-OH is 1. The molecule has 0 bridgehead atoms. The second kappa shape index (κ2) is 8.21. The van der Waals surface area contributed by atoms with Gasteiger partial charge in [0, 0.05) is 6.42 Å². The number of nitrogens with one attached hydrogen (secondary N) is 1. The van der Waals surface area contributed by atoms with E-state index in [1.807, 2.05) is 0 Å². The third-order valence-electron chi connectivity index (χ3n) is 3.52. The maximum Gasteiger partial charge on any atom is 0.328 e. The number of ether oxygens (including phenoxy) is 1. The van der Waals surface area contributed by atoms with E-state index in [9.17, 15) is 19.1 Å². The van der Waals surface area contributed by atoms with E-state index in [1.54, 1.807) is 30.3 Å². The quantitative estimate of drug-likeness (QED) is 0.791. The van der Waals surface area contributed by atoms with Crippen LogP contribution in [0.5, 0.6) is 0 Å². The van der Waals surface area contributed by atoms with Crippen LogP contribution < -0.4 is 5.32 Å². The molecule has 1 amide bonds. The standard InChI is InChI=1S/C18H18FNO4/c1-24-18(23)15(11-12-7-9-14(19)10-8-12)20-17(22)16(21)13-5-3-2-4-6-13/h2-10,15-16,21H,11H2,1H3,(H,20,22)/t15-,16-/m0/s1. The number of halogens is 1. The van der Waals surface area contributed by atoms with Gasteiger partial charge >= 0.3 is 5.97 Å². The molecule has 0 heterocycles. The number of hydrogen-bond acceptors (Lipinski definition) is 4. The van der Waals surface area contributed by atoms with Gasteiger partial charge in [-0.05, 0) is 23.3 Å². The van der Waals surface area contributed by atoms with E-state index in [0.717, 1.165) is 0 Å². The van der Waals surface area contributed by atoms with Crippen molar-refractivity contribution in [2.75, 3.05) is 7.11 Å². The molecule has 2 N–H and O–H groups in total. The van der Waals surface area contributed by atoms with E-state index in [-0.39, 0.29) is 6.42 Å². The summed E-state index contributed by atoms with van der Waals surface area (Å²) in [5, 5.41) is 12.6. The van der Waals surface area contributed by atoms with Gasteiger partial charge in [-0.2, -0.15) is 0 Å². The molecule has 126 valence electrons. The Hall–Kier alpha value is -2.73. The van der Waals surface area contributed by atoms with Gasteiger partial charge in [-0.3, -0.25) is 4.79 Å². The Kier molecular flexibility index (Phi) is 6.03. The number of aliphatic hydroxyl groups is 1. The number of esters is 1. The lowest BCUT2D eigenvalue weighted by molar-refractivity contribution is -0.146. The van der Waals surface area contributed by atoms with Crippen molar-refractivity contribution >= 4 is 11.9 Å². The molecule has 0 saturated carbocycles. The van der Waals surface area contributed by atoms with Gasteiger partial charge in [0.25, 0.3) is 5.91 Å². The van der Waals surface area contributed by atoms with E-state index < -0.39 is 29.8 Å². The minimum absolute atomic E-state index is 0.125. The van der Waals surface area contributed by atoms with Gasteiger partial charge < -0.3 is 15.2 Å². The lowest BCUT2D eigenvalue weighted by atomic mass is 10.0. The monoisotopic (exact) mass is 331 g/mol. The molecule has 6 heteroatoms. The molecule has 2 atom stereocenters. The first-order valence-corrected chi connectivity index (χ1v) is 7.37. The van der Waals surface area contributed by atoms with Crippen LogP contribution in [0.2, 0.25) is 0 Å². The van der Waals surface area contributed by atoms with Crippen molar-refractivity contribution in [2.24, 2.45) is 0 Å². The number of carbonyl (C=O) groups is 2. The van der Waals surface area contributed by atoms with Crippen LogP contribution in [-0.4, -0.2) is 30.1 Å². The minimum atomic E-state index is -1.40. The van der Waals surface area contributed by atoms with Gasteiger partial charge in [0.05, 0.1) is 7.11 Å². The van der Waals surface area contributed by atoms with Crippen LogP contribution in [0.4, 0.5) is 4.39 Å². The van der Waals surface area contributed by atoms with Crippen LogP contribution in [0, 0.1) is 5.82 Å². The fourth-order valence-electron chi connectivity index (χ4n) is 2.23. The van der Waals surface area contributed by atoms with Crippen LogP contribution >= 0.6 is 0 Å². The molecule has 0 aliphatic heterocycles. The first-order valence-electron chi connectivity index (χ1n) is 7.37. The highest BCUT2D eigenvalue weighted by Gasteiger charge is 2.26. The molecular weight excluding hydrogens is 313 g/mol. The summed E-state index contributed by atoms with van der Waals surface area (Å²) in [4.78, 5) is 24.1. The molecule has 2 aromatic rings. The summed E-state index contributed by atoms with van der Waals surface area (Å²) in [6, 6.07) is 13.0. The van der Waals surface area contributed by atoms with Crippen molar-refractivity contribution in [2.45, 2.75) is 18.6 Å². The predicted molar refractivity (Wildman–Crippen MR) is 85.5 cm³/mol. The van der Waals surface area contributed by atoms with Gasteiger partial charge in [-0.1, -0.05) is 42.5 Å². The van der Waals surface area contributed by atoms with Gasteiger partial charge in [0.1, 0.15) is 11.9 Å². The fourth-order valence-corrected chi connectivity index (χ4v) is 2.23. The van der Waals surface area contributed by atoms with Crippen molar-refractivity contribution < 1.29 is 23.8 Å². The van der Waals surface area contributed by atoms with E-state index in [1.165, 1.54) is 31.4 Å². The summed E-state index contributed by atoms with van der Waals surface area (Å²) < 4.78 is 17.6. The van der Waals surface area contributed by atoms with E-state index >= 15 is 0 Å². The van der Waals surface area contributed by atoms with Crippen LogP contribution in [0.25, 0.3) is 0 Å². The van der Waals surface area contributed by atoms with Crippen molar-refractivity contribution in [1.82, 2.24) is 5.32 Å². The molecule has 0 aliphatic rings. The summed E-state index contributed by atoms with van der Waals surface area (Å²) in [6.07, 6.45) is -1.27. The van der Waals surface area contributed by atoms with Crippen molar-refractivity contribution in [3.8, 4) is 0 Å². The first-order chi connectivity index (χ1) is 11.5. The molecule has 0 saturated heterocycles. The van der Waals surface area contributed by atoms with Crippen LogP contribution in [0.1, 0.15) is 17.2 Å². The molecule has 0 unspecified atom stereocenters. The van der Waals surface area contributed by atoms with Crippen molar-refractivity contribution in [1.29, 1.82) is 0 Å². The Morgan fingerprint density at radius 2 is 1.75 bits per heavy atom. The topological polar surface area (TPSA) is 75.6 Å². The largest absolute Gasteiger partial charge is 0.467 e. The molecule has 0 radical (unpaired) electrons. The number of carbonyl (C=O) groups excluding carboxylic acids is 2. The molecule has 0 spiro atoms. The molecule has 2 aromatic carbocycles. The third-order valence-corrected chi connectivity index (χ3v) is 3.52. The zero-order chi connectivity index (χ0) is 17.5. The highest BCUT2D eigenvalue weighted by molar-refractivity contribution is 5.87. The predicted octanol–water partition coefficient (Wildman–Crippen LogP) is 1.76. The van der Waals surface area contributed by atoms with E-state index in [0.29, 0.717) is 11.1 Å². The van der Waals surface area contributed by atoms with Crippen molar-refractivity contribution in [3.05, 3.63) is 71.5 Å². The summed E-state index contributed by atoms with van der Waals surface area (Å²) >= 11 is 0. The Morgan fingerprint density at radius 3 is 2.33 bits per heavy atom. The van der Waals surface area contributed by atoms with Crippen LogP contribution in [0.3, 0.4) is 0 Å². The van der Waals surface area contributed by atoms with Gasteiger partial charge in [-0.15, -0.1) is 0 Å². The number of rotatable bonds is 6. The second-order valence-electron chi connectivity index (χ2n) is 5.23.